The van der Waals surface area contributed by atoms with Crippen molar-refractivity contribution in [1.29, 1.82) is 0 Å². The van der Waals surface area contributed by atoms with Crippen LogP contribution in [-0.4, -0.2) is 19.6 Å². The van der Waals surface area contributed by atoms with Crippen molar-refractivity contribution < 1.29 is 9.53 Å². The standard InChI is InChI=1S/C10H11Cl2NO2/c1-15-10(14)4-5-13-7-2-3-8(11)9(12)6-7/h2-3,6,13H,4-5H2,1H3. The average Bonchev–Trinajstić information content (AvgIpc) is 2.23. The van der Waals surface area contributed by atoms with Gasteiger partial charge in [0.1, 0.15) is 0 Å². The van der Waals surface area contributed by atoms with Gasteiger partial charge in [-0.05, 0) is 18.2 Å². The Morgan fingerprint density at radius 2 is 2.13 bits per heavy atom. The molecule has 1 rings (SSSR count). The summed E-state index contributed by atoms with van der Waals surface area (Å²) in [5.41, 5.74) is 0.827. The highest BCUT2D eigenvalue weighted by molar-refractivity contribution is 6.42. The van der Waals surface area contributed by atoms with Gasteiger partial charge >= 0.3 is 5.97 Å². The first-order valence-corrected chi connectivity index (χ1v) is 5.15. The topological polar surface area (TPSA) is 38.3 Å². The van der Waals surface area contributed by atoms with E-state index in [4.69, 9.17) is 23.2 Å². The molecule has 1 N–H and O–H groups in total. The second kappa shape index (κ2) is 5.83. The number of carbonyl (C=O) groups is 1. The summed E-state index contributed by atoms with van der Waals surface area (Å²) in [6, 6.07) is 5.21. The van der Waals surface area contributed by atoms with Crippen LogP contribution in [0.15, 0.2) is 18.2 Å². The minimum absolute atomic E-state index is 0.248. The van der Waals surface area contributed by atoms with Crippen LogP contribution in [0.2, 0.25) is 10.0 Å². The molecule has 0 amide bonds. The quantitative estimate of drug-likeness (QED) is 0.832. The number of halogens is 2. The van der Waals surface area contributed by atoms with Crippen molar-refractivity contribution >= 4 is 34.9 Å². The number of methoxy groups -OCH3 is 1. The van der Waals surface area contributed by atoms with Gasteiger partial charge in [-0.3, -0.25) is 4.79 Å². The zero-order valence-electron chi connectivity index (χ0n) is 8.22. The molecule has 0 aliphatic heterocycles. The second-order valence-electron chi connectivity index (χ2n) is 2.88. The Labute approximate surface area is 98.3 Å². The Balaban J connectivity index is 2.44. The third-order valence-electron chi connectivity index (χ3n) is 1.81. The van der Waals surface area contributed by atoms with E-state index in [2.05, 4.69) is 10.1 Å². The minimum Gasteiger partial charge on any atom is -0.469 e. The SMILES string of the molecule is COC(=O)CCNc1ccc(Cl)c(Cl)c1. The maximum atomic E-state index is 10.8. The summed E-state index contributed by atoms with van der Waals surface area (Å²) in [5, 5.41) is 4.03. The van der Waals surface area contributed by atoms with Gasteiger partial charge in [0.05, 0.1) is 23.6 Å². The minimum atomic E-state index is -0.248. The lowest BCUT2D eigenvalue weighted by atomic mass is 10.3. The number of ether oxygens (including phenoxy) is 1. The van der Waals surface area contributed by atoms with Crippen LogP contribution in [0.5, 0.6) is 0 Å². The number of benzene rings is 1. The van der Waals surface area contributed by atoms with E-state index in [1.807, 2.05) is 0 Å². The van der Waals surface area contributed by atoms with Crippen molar-refractivity contribution in [2.24, 2.45) is 0 Å². The Morgan fingerprint density at radius 3 is 2.73 bits per heavy atom. The highest BCUT2D eigenvalue weighted by Crippen LogP contribution is 2.24. The van der Waals surface area contributed by atoms with Crippen LogP contribution in [0.1, 0.15) is 6.42 Å². The van der Waals surface area contributed by atoms with Gasteiger partial charge in [-0.1, -0.05) is 23.2 Å². The molecule has 3 nitrogen and oxygen atoms in total. The third kappa shape index (κ3) is 3.98. The van der Waals surface area contributed by atoms with E-state index in [0.717, 1.165) is 5.69 Å². The van der Waals surface area contributed by atoms with Gasteiger partial charge in [0.2, 0.25) is 0 Å². The Morgan fingerprint density at radius 1 is 1.40 bits per heavy atom. The molecule has 0 unspecified atom stereocenters. The predicted molar refractivity (Wildman–Crippen MR) is 61.6 cm³/mol. The average molecular weight is 248 g/mol. The van der Waals surface area contributed by atoms with Crippen LogP contribution in [0.3, 0.4) is 0 Å². The molecule has 0 aliphatic rings. The van der Waals surface area contributed by atoms with E-state index in [9.17, 15) is 4.79 Å². The number of nitrogens with one attached hydrogen (secondary N) is 1. The van der Waals surface area contributed by atoms with E-state index in [-0.39, 0.29) is 5.97 Å². The molecule has 0 saturated carbocycles. The lowest BCUT2D eigenvalue weighted by Gasteiger charge is -2.06. The number of anilines is 1. The van der Waals surface area contributed by atoms with Crippen LogP contribution in [-0.2, 0) is 9.53 Å². The van der Waals surface area contributed by atoms with E-state index >= 15 is 0 Å². The van der Waals surface area contributed by atoms with Gasteiger partial charge in [-0.25, -0.2) is 0 Å². The number of rotatable bonds is 4. The number of hydrogen-bond donors (Lipinski definition) is 1. The van der Waals surface area contributed by atoms with Crippen LogP contribution >= 0.6 is 23.2 Å². The van der Waals surface area contributed by atoms with Gasteiger partial charge in [-0.2, -0.15) is 0 Å². The molecule has 0 fully saturated rings. The maximum Gasteiger partial charge on any atom is 0.307 e. The fraction of sp³-hybridized carbons (Fsp3) is 0.300. The largest absolute Gasteiger partial charge is 0.469 e. The van der Waals surface area contributed by atoms with Crippen LogP contribution in [0, 0.1) is 0 Å². The fourth-order valence-electron chi connectivity index (χ4n) is 1.02. The van der Waals surface area contributed by atoms with Crippen LogP contribution in [0.4, 0.5) is 5.69 Å². The lowest BCUT2D eigenvalue weighted by Crippen LogP contribution is -2.09. The number of hydrogen-bond acceptors (Lipinski definition) is 3. The van der Waals surface area contributed by atoms with Crippen molar-refractivity contribution in [3.05, 3.63) is 28.2 Å². The lowest BCUT2D eigenvalue weighted by molar-refractivity contribution is -0.140. The zero-order chi connectivity index (χ0) is 11.3. The van der Waals surface area contributed by atoms with Crippen molar-refractivity contribution in [3.8, 4) is 0 Å². The molecule has 0 heterocycles. The van der Waals surface area contributed by atoms with E-state index in [1.165, 1.54) is 7.11 Å². The highest BCUT2D eigenvalue weighted by Gasteiger charge is 2.01. The molecule has 15 heavy (non-hydrogen) atoms. The zero-order valence-corrected chi connectivity index (χ0v) is 9.73. The molecular formula is C10H11Cl2NO2. The summed E-state index contributed by atoms with van der Waals surface area (Å²) in [7, 11) is 1.36. The summed E-state index contributed by atoms with van der Waals surface area (Å²) in [4.78, 5) is 10.8. The van der Waals surface area contributed by atoms with Crippen LogP contribution < -0.4 is 5.32 Å². The molecule has 0 spiro atoms. The van der Waals surface area contributed by atoms with E-state index in [0.29, 0.717) is 23.0 Å². The number of esters is 1. The van der Waals surface area contributed by atoms with Crippen molar-refractivity contribution in [2.45, 2.75) is 6.42 Å². The predicted octanol–water partition coefficient (Wildman–Crippen LogP) is 2.97. The molecular weight excluding hydrogens is 237 g/mol. The van der Waals surface area contributed by atoms with E-state index in [1.54, 1.807) is 18.2 Å². The monoisotopic (exact) mass is 247 g/mol. The van der Waals surface area contributed by atoms with Gasteiger partial charge in [-0.15, -0.1) is 0 Å². The second-order valence-corrected chi connectivity index (χ2v) is 3.70. The van der Waals surface area contributed by atoms with Gasteiger partial charge in [0.15, 0.2) is 0 Å². The first kappa shape index (κ1) is 12.1. The summed E-state index contributed by atoms with van der Waals surface area (Å²) >= 11 is 11.6. The molecule has 1 aromatic rings. The molecule has 0 bridgehead atoms. The summed E-state index contributed by atoms with van der Waals surface area (Å²) in [5.74, 6) is -0.248. The van der Waals surface area contributed by atoms with E-state index < -0.39 is 0 Å². The van der Waals surface area contributed by atoms with Gasteiger partial charge < -0.3 is 10.1 Å². The van der Waals surface area contributed by atoms with Crippen LogP contribution in [0.25, 0.3) is 0 Å². The number of carbonyl (C=O) groups excluding carboxylic acids is 1. The fourth-order valence-corrected chi connectivity index (χ4v) is 1.32. The summed E-state index contributed by atoms with van der Waals surface area (Å²) < 4.78 is 4.50. The van der Waals surface area contributed by atoms with Crippen molar-refractivity contribution in [2.75, 3.05) is 19.0 Å². The molecule has 0 radical (unpaired) electrons. The summed E-state index contributed by atoms with van der Waals surface area (Å²) in [6.45, 7) is 0.505. The van der Waals surface area contributed by atoms with Gasteiger partial charge in [0.25, 0.3) is 0 Å². The molecule has 0 saturated heterocycles. The molecule has 1 aromatic carbocycles. The summed E-state index contributed by atoms with van der Waals surface area (Å²) in [6.07, 6.45) is 0.316. The normalized spacial score (nSPS) is 9.80. The highest BCUT2D eigenvalue weighted by atomic mass is 35.5. The first-order valence-electron chi connectivity index (χ1n) is 4.39. The molecule has 0 aromatic heterocycles. The smallest absolute Gasteiger partial charge is 0.307 e. The molecule has 0 aliphatic carbocycles. The van der Waals surface area contributed by atoms with Crippen molar-refractivity contribution in [3.63, 3.8) is 0 Å². The first-order chi connectivity index (χ1) is 7.13. The third-order valence-corrected chi connectivity index (χ3v) is 2.54. The molecule has 82 valence electrons. The maximum absolute atomic E-state index is 10.8. The van der Waals surface area contributed by atoms with Gasteiger partial charge in [0, 0.05) is 12.2 Å². The Kier molecular flexibility index (Phi) is 4.72. The Bertz CT molecular complexity index is 355. The molecule has 0 atom stereocenters. The Hall–Kier alpha value is -0.930. The van der Waals surface area contributed by atoms with Crippen molar-refractivity contribution in [1.82, 2.24) is 0 Å². The molecule has 5 heteroatoms.